The number of methoxy groups -OCH3 is 1. The summed E-state index contributed by atoms with van der Waals surface area (Å²) in [6.45, 7) is 1.87. The van der Waals surface area contributed by atoms with Crippen molar-refractivity contribution in [3.63, 3.8) is 0 Å². The standard InChI is InChI=1S/C26H23N3O4S/c1-17-8-13-22(32-2)21(14-17)28-26-29-25(31)23(34-26)15-18-9-11-20(12-10-18)33-16-24(30)27-19-6-4-3-5-7-19/h3-15H,16H2,1-2H3,(H,27,30)(H,28,29,31)/b23-15-. The largest absolute Gasteiger partial charge is 0.494 e. The minimum Gasteiger partial charge on any atom is -0.494 e. The van der Waals surface area contributed by atoms with Crippen LogP contribution in [0.15, 0.2) is 82.7 Å². The van der Waals surface area contributed by atoms with E-state index in [1.807, 2.05) is 67.6 Å². The monoisotopic (exact) mass is 473 g/mol. The fraction of sp³-hybridized carbons (Fsp3) is 0.115. The van der Waals surface area contributed by atoms with E-state index < -0.39 is 0 Å². The van der Waals surface area contributed by atoms with E-state index in [9.17, 15) is 9.59 Å². The molecular formula is C26H23N3O4S. The molecule has 0 bridgehead atoms. The lowest BCUT2D eigenvalue weighted by Gasteiger charge is -2.07. The van der Waals surface area contributed by atoms with Gasteiger partial charge in [0.1, 0.15) is 17.2 Å². The average Bonchev–Trinajstić information content (AvgIpc) is 3.17. The van der Waals surface area contributed by atoms with Gasteiger partial charge in [-0.25, -0.2) is 4.99 Å². The number of amidine groups is 1. The summed E-state index contributed by atoms with van der Waals surface area (Å²) in [5.74, 6) is 0.739. The summed E-state index contributed by atoms with van der Waals surface area (Å²) in [6.07, 6.45) is 1.78. The van der Waals surface area contributed by atoms with Gasteiger partial charge in [-0.1, -0.05) is 36.4 Å². The van der Waals surface area contributed by atoms with Crippen molar-refractivity contribution in [2.24, 2.45) is 4.99 Å². The molecule has 0 spiro atoms. The Morgan fingerprint density at radius 3 is 2.59 bits per heavy atom. The van der Waals surface area contributed by atoms with Gasteiger partial charge in [0.2, 0.25) is 0 Å². The molecule has 2 N–H and O–H groups in total. The Hall–Kier alpha value is -4.04. The van der Waals surface area contributed by atoms with E-state index in [1.165, 1.54) is 11.8 Å². The molecule has 1 saturated heterocycles. The molecule has 1 heterocycles. The predicted octanol–water partition coefficient (Wildman–Crippen LogP) is 4.91. The van der Waals surface area contributed by atoms with Crippen molar-refractivity contribution in [3.8, 4) is 11.5 Å². The summed E-state index contributed by atoms with van der Waals surface area (Å²) in [5.41, 5.74) is 3.25. The minimum atomic E-state index is -0.242. The molecule has 3 aromatic rings. The fourth-order valence-electron chi connectivity index (χ4n) is 3.16. The first kappa shape index (κ1) is 23.1. The number of hydrogen-bond acceptors (Lipinski definition) is 6. The van der Waals surface area contributed by atoms with E-state index in [2.05, 4.69) is 15.6 Å². The number of para-hydroxylation sites is 1. The summed E-state index contributed by atoms with van der Waals surface area (Å²) >= 11 is 1.26. The molecule has 8 heteroatoms. The van der Waals surface area contributed by atoms with Crippen LogP contribution in [0.4, 0.5) is 11.4 Å². The first-order chi connectivity index (χ1) is 16.5. The third kappa shape index (κ3) is 6.05. The molecule has 172 valence electrons. The number of nitrogens with zero attached hydrogens (tertiary/aromatic N) is 1. The van der Waals surface area contributed by atoms with E-state index >= 15 is 0 Å². The van der Waals surface area contributed by atoms with Gasteiger partial charge in [-0.2, -0.15) is 0 Å². The number of anilines is 1. The van der Waals surface area contributed by atoms with Crippen LogP contribution in [0.1, 0.15) is 11.1 Å². The highest BCUT2D eigenvalue weighted by Gasteiger charge is 2.24. The number of aliphatic imine (C=N–C) groups is 1. The number of nitrogens with one attached hydrogen (secondary N) is 2. The second-order valence-electron chi connectivity index (χ2n) is 7.43. The van der Waals surface area contributed by atoms with Gasteiger partial charge in [0.15, 0.2) is 11.8 Å². The zero-order chi connectivity index (χ0) is 23.9. The highest BCUT2D eigenvalue weighted by Crippen LogP contribution is 2.33. The van der Waals surface area contributed by atoms with E-state index in [1.54, 1.807) is 25.3 Å². The fourth-order valence-corrected chi connectivity index (χ4v) is 3.99. The van der Waals surface area contributed by atoms with Crippen LogP contribution in [0.3, 0.4) is 0 Å². The molecule has 0 atom stereocenters. The maximum atomic E-state index is 12.4. The van der Waals surface area contributed by atoms with Crippen LogP contribution in [0.5, 0.6) is 11.5 Å². The second kappa shape index (κ2) is 10.7. The lowest BCUT2D eigenvalue weighted by Crippen LogP contribution is -2.20. The van der Waals surface area contributed by atoms with Gasteiger partial charge in [-0.05, 0) is 72.3 Å². The normalized spacial score (nSPS) is 15.3. The Bertz CT molecular complexity index is 1250. The van der Waals surface area contributed by atoms with Crippen molar-refractivity contribution < 1.29 is 19.1 Å². The first-order valence-corrected chi connectivity index (χ1v) is 11.3. The highest BCUT2D eigenvalue weighted by atomic mass is 32.2. The average molecular weight is 474 g/mol. The molecule has 0 radical (unpaired) electrons. The van der Waals surface area contributed by atoms with E-state index in [0.29, 0.717) is 32.9 Å². The van der Waals surface area contributed by atoms with Gasteiger partial charge in [0.25, 0.3) is 11.8 Å². The Balaban J connectivity index is 1.37. The molecule has 7 nitrogen and oxygen atoms in total. The SMILES string of the molecule is COc1ccc(C)cc1N=C1NC(=O)/C(=C/c2ccc(OCC(=O)Nc3ccccc3)cc2)S1. The zero-order valence-corrected chi connectivity index (χ0v) is 19.5. The molecule has 0 aromatic heterocycles. The Morgan fingerprint density at radius 2 is 1.85 bits per heavy atom. The summed E-state index contributed by atoms with van der Waals surface area (Å²) in [6, 6.07) is 22.0. The van der Waals surface area contributed by atoms with E-state index in [4.69, 9.17) is 9.47 Å². The van der Waals surface area contributed by atoms with Crippen LogP contribution in [0, 0.1) is 6.92 Å². The maximum Gasteiger partial charge on any atom is 0.264 e. The van der Waals surface area contributed by atoms with Crippen LogP contribution in [0.2, 0.25) is 0 Å². The van der Waals surface area contributed by atoms with Crippen molar-refractivity contribution in [1.29, 1.82) is 0 Å². The Labute approximate surface area is 201 Å². The molecule has 34 heavy (non-hydrogen) atoms. The molecule has 0 aliphatic carbocycles. The summed E-state index contributed by atoms with van der Waals surface area (Å²) in [5, 5.41) is 6.05. The molecule has 1 aliphatic rings. The smallest absolute Gasteiger partial charge is 0.264 e. The summed E-state index contributed by atoms with van der Waals surface area (Å²) in [4.78, 5) is 29.5. The number of carbonyl (C=O) groups is 2. The van der Waals surface area contributed by atoms with Gasteiger partial charge in [0, 0.05) is 5.69 Å². The molecule has 0 saturated carbocycles. The van der Waals surface area contributed by atoms with Gasteiger partial charge in [-0.3, -0.25) is 9.59 Å². The summed E-state index contributed by atoms with van der Waals surface area (Å²) < 4.78 is 10.9. The number of hydrogen-bond donors (Lipinski definition) is 2. The first-order valence-electron chi connectivity index (χ1n) is 10.5. The van der Waals surface area contributed by atoms with Crippen molar-refractivity contribution in [2.45, 2.75) is 6.92 Å². The third-order valence-electron chi connectivity index (χ3n) is 4.81. The number of ether oxygens (including phenoxy) is 2. The number of thioether (sulfide) groups is 1. The van der Waals surface area contributed by atoms with Crippen molar-refractivity contribution in [2.75, 3.05) is 19.0 Å². The lowest BCUT2D eigenvalue weighted by atomic mass is 10.2. The van der Waals surface area contributed by atoms with Crippen LogP contribution in [0.25, 0.3) is 6.08 Å². The molecule has 2 amide bonds. The number of rotatable bonds is 7. The molecule has 0 unspecified atom stereocenters. The number of carbonyl (C=O) groups excluding carboxylic acids is 2. The van der Waals surface area contributed by atoms with Crippen LogP contribution < -0.4 is 20.1 Å². The number of aryl methyl sites for hydroxylation is 1. The Kier molecular flexibility index (Phi) is 7.29. The van der Waals surface area contributed by atoms with Gasteiger partial charge >= 0.3 is 0 Å². The molecule has 3 aromatic carbocycles. The topological polar surface area (TPSA) is 89.0 Å². The van der Waals surface area contributed by atoms with E-state index in [-0.39, 0.29) is 18.4 Å². The van der Waals surface area contributed by atoms with Gasteiger partial charge < -0.3 is 20.1 Å². The van der Waals surface area contributed by atoms with Crippen molar-refractivity contribution >= 4 is 46.2 Å². The molecule has 1 aliphatic heterocycles. The third-order valence-corrected chi connectivity index (χ3v) is 5.72. The van der Waals surface area contributed by atoms with E-state index in [0.717, 1.165) is 11.1 Å². The lowest BCUT2D eigenvalue weighted by molar-refractivity contribution is -0.118. The zero-order valence-electron chi connectivity index (χ0n) is 18.7. The quantitative estimate of drug-likeness (QED) is 0.476. The summed E-state index contributed by atoms with van der Waals surface area (Å²) in [7, 11) is 1.59. The number of benzene rings is 3. The molecule has 1 fully saturated rings. The highest BCUT2D eigenvalue weighted by molar-refractivity contribution is 8.18. The van der Waals surface area contributed by atoms with Crippen LogP contribution >= 0.6 is 11.8 Å². The van der Waals surface area contributed by atoms with Crippen LogP contribution in [-0.4, -0.2) is 30.7 Å². The maximum absolute atomic E-state index is 12.4. The van der Waals surface area contributed by atoms with Gasteiger partial charge in [0.05, 0.1) is 12.0 Å². The number of amides is 2. The van der Waals surface area contributed by atoms with Gasteiger partial charge in [-0.15, -0.1) is 0 Å². The van der Waals surface area contributed by atoms with Crippen molar-refractivity contribution in [3.05, 3.63) is 88.8 Å². The molecular weight excluding hydrogens is 450 g/mol. The Morgan fingerprint density at radius 1 is 1.09 bits per heavy atom. The molecule has 4 rings (SSSR count). The minimum absolute atomic E-state index is 0.101. The van der Waals surface area contributed by atoms with Crippen molar-refractivity contribution in [1.82, 2.24) is 5.32 Å². The predicted molar refractivity (Wildman–Crippen MR) is 136 cm³/mol. The second-order valence-corrected chi connectivity index (χ2v) is 8.46. The van der Waals surface area contributed by atoms with Crippen LogP contribution in [-0.2, 0) is 9.59 Å².